The highest BCUT2D eigenvalue weighted by Gasteiger charge is 2.09. The zero-order valence-corrected chi connectivity index (χ0v) is 11.5. The van der Waals surface area contributed by atoms with Gasteiger partial charge in [0, 0.05) is 0 Å². The first-order valence-electron chi connectivity index (χ1n) is 5.61. The third-order valence-corrected chi connectivity index (χ3v) is 3.66. The highest BCUT2D eigenvalue weighted by Crippen LogP contribution is 2.15. The van der Waals surface area contributed by atoms with E-state index in [1.54, 1.807) is 24.3 Å². The van der Waals surface area contributed by atoms with Gasteiger partial charge in [-0.3, -0.25) is 4.79 Å². The Hall–Kier alpha value is -2.05. The molecule has 0 aliphatic rings. The van der Waals surface area contributed by atoms with Gasteiger partial charge in [-0.2, -0.15) is 9.61 Å². The van der Waals surface area contributed by atoms with Crippen molar-refractivity contribution in [3.05, 3.63) is 62.2 Å². The summed E-state index contributed by atoms with van der Waals surface area (Å²) in [5.74, 6) is -0.303. The zero-order valence-electron chi connectivity index (χ0n) is 9.96. The molecule has 0 bridgehead atoms. The predicted octanol–water partition coefficient (Wildman–Crippen LogP) is 3.11. The summed E-state index contributed by atoms with van der Waals surface area (Å²) in [4.78, 5) is 16.6. The number of hydrogen-bond acceptors (Lipinski definition) is 4. The Morgan fingerprint density at radius 3 is 2.75 bits per heavy atom. The van der Waals surface area contributed by atoms with Gasteiger partial charge in [0.25, 0.3) is 5.56 Å². The van der Waals surface area contributed by atoms with Gasteiger partial charge >= 0.3 is 0 Å². The maximum absolute atomic E-state index is 12.8. The molecule has 1 aromatic carbocycles. The molecule has 0 spiro atoms. The van der Waals surface area contributed by atoms with Gasteiger partial charge in [-0.1, -0.05) is 41.1 Å². The second-order valence-corrected chi connectivity index (χ2v) is 5.12. The van der Waals surface area contributed by atoms with E-state index in [4.69, 9.17) is 11.6 Å². The van der Waals surface area contributed by atoms with Crippen LogP contribution in [0.2, 0.25) is 5.02 Å². The van der Waals surface area contributed by atoms with Crippen molar-refractivity contribution in [3.8, 4) is 0 Å². The fourth-order valence-corrected chi connectivity index (χ4v) is 2.45. The van der Waals surface area contributed by atoms with Gasteiger partial charge < -0.3 is 0 Å². The number of halogens is 2. The molecule has 0 amide bonds. The monoisotopic (exact) mass is 307 g/mol. The summed E-state index contributed by atoms with van der Waals surface area (Å²) in [6.45, 7) is 0. The maximum Gasteiger partial charge on any atom is 0.294 e. The van der Waals surface area contributed by atoms with Crippen LogP contribution in [-0.4, -0.2) is 14.6 Å². The molecule has 0 aliphatic carbocycles. The molecule has 0 saturated carbocycles. The van der Waals surface area contributed by atoms with Crippen LogP contribution in [0.15, 0.2) is 34.6 Å². The number of hydrogen-bond donors (Lipinski definition) is 0. The topological polar surface area (TPSA) is 47.3 Å². The van der Waals surface area contributed by atoms with Crippen molar-refractivity contribution in [1.82, 2.24) is 14.6 Å². The molecular weight excluding hydrogens is 301 g/mol. The van der Waals surface area contributed by atoms with E-state index in [2.05, 4.69) is 10.1 Å². The van der Waals surface area contributed by atoms with E-state index in [1.165, 1.54) is 29.0 Å². The minimum absolute atomic E-state index is 0.00626. The smallest absolute Gasteiger partial charge is 0.266 e. The lowest BCUT2D eigenvalue weighted by Gasteiger charge is -1.98. The molecule has 3 rings (SSSR count). The Morgan fingerprint density at radius 2 is 2.00 bits per heavy atom. The van der Waals surface area contributed by atoms with E-state index < -0.39 is 5.56 Å². The van der Waals surface area contributed by atoms with Crippen LogP contribution in [-0.2, 0) is 0 Å². The van der Waals surface area contributed by atoms with E-state index in [0.29, 0.717) is 10.7 Å². The lowest BCUT2D eigenvalue weighted by molar-refractivity contribution is 0.628. The average molecular weight is 308 g/mol. The average Bonchev–Trinajstić information content (AvgIpc) is 2.91. The van der Waals surface area contributed by atoms with Crippen LogP contribution in [0.25, 0.3) is 17.1 Å². The van der Waals surface area contributed by atoms with Crippen molar-refractivity contribution in [1.29, 1.82) is 0 Å². The van der Waals surface area contributed by atoms with E-state index in [0.717, 1.165) is 10.1 Å². The Morgan fingerprint density at radius 1 is 1.25 bits per heavy atom. The van der Waals surface area contributed by atoms with Crippen LogP contribution in [0, 0.1) is 5.82 Å². The lowest BCUT2D eigenvalue weighted by atomic mass is 10.2. The Labute approximate surface area is 121 Å². The molecule has 0 aliphatic heterocycles. The standard InChI is InChI=1S/C13H7ClFN3OS/c14-11-10(6-3-8-1-4-9(15)5-2-8)17-13-18(12(11)19)16-7-20-13/h1-7H/b6-3+. The van der Waals surface area contributed by atoms with Crippen LogP contribution in [0.1, 0.15) is 11.3 Å². The molecule has 2 heterocycles. The van der Waals surface area contributed by atoms with Crippen molar-refractivity contribution < 1.29 is 4.39 Å². The van der Waals surface area contributed by atoms with Crippen molar-refractivity contribution in [2.24, 2.45) is 0 Å². The molecule has 7 heteroatoms. The highest BCUT2D eigenvalue weighted by molar-refractivity contribution is 7.14. The minimum Gasteiger partial charge on any atom is -0.266 e. The molecular formula is C13H7ClFN3OS. The van der Waals surface area contributed by atoms with Crippen molar-refractivity contribution in [2.45, 2.75) is 0 Å². The van der Waals surface area contributed by atoms with Crippen LogP contribution < -0.4 is 5.56 Å². The molecule has 0 radical (unpaired) electrons. The van der Waals surface area contributed by atoms with Crippen molar-refractivity contribution in [3.63, 3.8) is 0 Å². The summed E-state index contributed by atoms with van der Waals surface area (Å²) in [6.07, 6.45) is 3.33. The van der Waals surface area contributed by atoms with E-state index in [9.17, 15) is 9.18 Å². The summed E-state index contributed by atoms with van der Waals surface area (Å²) in [7, 11) is 0. The normalized spacial score (nSPS) is 11.5. The maximum atomic E-state index is 12.8. The van der Waals surface area contributed by atoms with Gasteiger partial charge in [0.1, 0.15) is 16.4 Å². The first-order chi connectivity index (χ1) is 9.65. The van der Waals surface area contributed by atoms with Crippen molar-refractivity contribution >= 4 is 40.1 Å². The van der Waals surface area contributed by atoms with Crippen LogP contribution in [0.3, 0.4) is 0 Å². The summed E-state index contributed by atoms with van der Waals surface area (Å²) in [5.41, 5.74) is 2.27. The van der Waals surface area contributed by atoms with Crippen LogP contribution in [0.4, 0.5) is 4.39 Å². The SMILES string of the molecule is O=c1c(Cl)c(/C=C/c2ccc(F)cc2)nc2scnn12. The molecule has 4 nitrogen and oxygen atoms in total. The summed E-state index contributed by atoms with van der Waals surface area (Å²) >= 11 is 7.22. The first-order valence-corrected chi connectivity index (χ1v) is 6.86. The van der Waals surface area contributed by atoms with E-state index in [1.807, 2.05) is 0 Å². The second kappa shape index (κ2) is 5.15. The first kappa shape index (κ1) is 13.0. The molecule has 0 N–H and O–H groups in total. The van der Waals surface area contributed by atoms with Crippen molar-refractivity contribution in [2.75, 3.05) is 0 Å². The Balaban J connectivity index is 2.04. The predicted molar refractivity (Wildman–Crippen MR) is 77.5 cm³/mol. The third-order valence-electron chi connectivity index (χ3n) is 2.63. The number of fused-ring (bicyclic) bond motifs is 1. The van der Waals surface area contributed by atoms with Gasteiger partial charge in [0.2, 0.25) is 4.96 Å². The second-order valence-electron chi connectivity index (χ2n) is 3.93. The molecule has 0 saturated heterocycles. The quantitative estimate of drug-likeness (QED) is 0.731. The van der Waals surface area contributed by atoms with Crippen LogP contribution >= 0.6 is 22.9 Å². The Bertz CT molecular complexity index is 854. The third kappa shape index (κ3) is 2.35. The number of aromatic nitrogens is 3. The molecule has 0 unspecified atom stereocenters. The molecule has 3 aromatic rings. The summed E-state index contributed by atoms with van der Waals surface area (Å²) in [5, 5.41) is 3.86. The zero-order chi connectivity index (χ0) is 14.1. The summed E-state index contributed by atoms with van der Waals surface area (Å²) < 4.78 is 14.0. The van der Waals surface area contributed by atoms with Gasteiger partial charge in [-0.25, -0.2) is 9.37 Å². The van der Waals surface area contributed by atoms with Crippen LogP contribution in [0.5, 0.6) is 0 Å². The van der Waals surface area contributed by atoms with E-state index >= 15 is 0 Å². The Kier molecular flexibility index (Phi) is 3.33. The molecule has 100 valence electrons. The molecule has 20 heavy (non-hydrogen) atoms. The van der Waals surface area contributed by atoms with Gasteiger partial charge in [-0.05, 0) is 23.8 Å². The molecule has 2 aromatic heterocycles. The van der Waals surface area contributed by atoms with Gasteiger partial charge in [0.15, 0.2) is 0 Å². The lowest BCUT2D eigenvalue weighted by Crippen LogP contribution is -2.16. The molecule has 0 atom stereocenters. The van der Waals surface area contributed by atoms with Gasteiger partial charge in [-0.15, -0.1) is 0 Å². The fourth-order valence-electron chi connectivity index (χ4n) is 1.64. The highest BCUT2D eigenvalue weighted by atomic mass is 35.5. The van der Waals surface area contributed by atoms with Gasteiger partial charge in [0.05, 0.1) is 5.69 Å². The largest absolute Gasteiger partial charge is 0.294 e. The molecule has 0 fully saturated rings. The number of benzene rings is 1. The number of nitrogens with zero attached hydrogens (tertiary/aromatic N) is 3. The summed E-state index contributed by atoms with van der Waals surface area (Å²) in [6, 6.07) is 5.96. The fraction of sp³-hybridized carbons (Fsp3) is 0. The number of rotatable bonds is 2. The minimum atomic E-state index is -0.406. The van der Waals surface area contributed by atoms with E-state index in [-0.39, 0.29) is 10.8 Å².